The number of nitrogens with one attached hydrogen (secondary N) is 1. The molecule has 0 saturated carbocycles. The summed E-state index contributed by atoms with van der Waals surface area (Å²) in [6.07, 6.45) is 0. The molecule has 0 saturated heterocycles. The third-order valence-corrected chi connectivity index (χ3v) is 4.01. The van der Waals surface area contributed by atoms with E-state index in [1.165, 1.54) is 38.2 Å². The molecule has 0 heterocycles. The molecule has 1 N–H and O–H groups in total. The van der Waals surface area contributed by atoms with Gasteiger partial charge in [-0.2, -0.15) is 0 Å². The standard InChI is InChI=1S/C18H19N/c1-12-15-6-4-5-7-16(15)13(2)18-10-14(11-19-3)8-9-17(12)18/h4-10,19H,11H2,1-3H3. The fourth-order valence-electron chi connectivity index (χ4n) is 2.97. The van der Waals surface area contributed by atoms with Gasteiger partial charge in [-0.1, -0.05) is 36.4 Å². The lowest BCUT2D eigenvalue weighted by atomic mass is 9.92. The first-order valence-electron chi connectivity index (χ1n) is 6.77. The molecule has 1 heteroatoms. The van der Waals surface area contributed by atoms with Crippen molar-refractivity contribution in [3.8, 4) is 0 Å². The van der Waals surface area contributed by atoms with E-state index in [-0.39, 0.29) is 0 Å². The Morgan fingerprint density at radius 3 is 2.00 bits per heavy atom. The molecule has 19 heavy (non-hydrogen) atoms. The second-order valence-electron chi connectivity index (χ2n) is 5.21. The van der Waals surface area contributed by atoms with Gasteiger partial charge >= 0.3 is 0 Å². The third kappa shape index (κ3) is 1.91. The summed E-state index contributed by atoms with van der Waals surface area (Å²) in [5.41, 5.74) is 4.11. The summed E-state index contributed by atoms with van der Waals surface area (Å²) in [5, 5.41) is 8.71. The van der Waals surface area contributed by atoms with Gasteiger partial charge in [-0.15, -0.1) is 0 Å². The van der Waals surface area contributed by atoms with Crippen LogP contribution in [0.1, 0.15) is 16.7 Å². The minimum atomic E-state index is 0.918. The quantitative estimate of drug-likeness (QED) is 0.667. The predicted octanol–water partition coefficient (Wildman–Crippen LogP) is 4.33. The number of fused-ring (bicyclic) bond motifs is 2. The van der Waals surface area contributed by atoms with Crippen molar-refractivity contribution in [3.05, 3.63) is 59.2 Å². The van der Waals surface area contributed by atoms with Crippen molar-refractivity contribution in [1.29, 1.82) is 0 Å². The molecule has 1 nitrogen and oxygen atoms in total. The lowest BCUT2D eigenvalue weighted by Crippen LogP contribution is -2.04. The van der Waals surface area contributed by atoms with Crippen LogP contribution in [0.15, 0.2) is 42.5 Å². The normalized spacial score (nSPS) is 11.3. The van der Waals surface area contributed by atoms with Crippen LogP contribution in [-0.2, 0) is 6.54 Å². The van der Waals surface area contributed by atoms with Crippen molar-refractivity contribution < 1.29 is 0 Å². The van der Waals surface area contributed by atoms with Crippen LogP contribution in [0.5, 0.6) is 0 Å². The van der Waals surface area contributed by atoms with Crippen LogP contribution >= 0.6 is 0 Å². The van der Waals surface area contributed by atoms with Gasteiger partial charge in [0.05, 0.1) is 0 Å². The van der Waals surface area contributed by atoms with E-state index in [0.29, 0.717) is 0 Å². The summed E-state index contributed by atoms with van der Waals surface area (Å²) >= 11 is 0. The van der Waals surface area contributed by atoms with Gasteiger partial charge in [-0.3, -0.25) is 0 Å². The van der Waals surface area contributed by atoms with E-state index in [1.807, 2.05) is 7.05 Å². The van der Waals surface area contributed by atoms with Crippen molar-refractivity contribution in [2.45, 2.75) is 20.4 Å². The number of aryl methyl sites for hydroxylation is 2. The second kappa shape index (κ2) is 4.67. The molecule has 96 valence electrons. The van der Waals surface area contributed by atoms with Crippen molar-refractivity contribution in [1.82, 2.24) is 5.32 Å². The zero-order chi connectivity index (χ0) is 13.4. The van der Waals surface area contributed by atoms with E-state index in [9.17, 15) is 0 Å². The minimum absolute atomic E-state index is 0.918. The topological polar surface area (TPSA) is 12.0 Å². The van der Waals surface area contributed by atoms with Gasteiger partial charge in [0.1, 0.15) is 0 Å². The summed E-state index contributed by atoms with van der Waals surface area (Å²) in [5.74, 6) is 0. The smallest absolute Gasteiger partial charge is 0.0202 e. The van der Waals surface area contributed by atoms with E-state index >= 15 is 0 Å². The number of hydrogen-bond donors (Lipinski definition) is 1. The average Bonchev–Trinajstić information content (AvgIpc) is 2.45. The van der Waals surface area contributed by atoms with E-state index in [4.69, 9.17) is 0 Å². The third-order valence-electron chi connectivity index (χ3n) is 4.01. The van der Waals surface area contributed by atoms with Gasteiger partial charge < -0.3 is 5.32 Å². The molecule has 0 bridgehead atoms. The maximum atomic E-state index is 3.22. The molecular weight excluding hydrogens is 230 g/mol. The van der Waals surface area contributed by atoms with Gasteiger partial charge in [0.15, 0.2) is 0 Å². The molecule has 0 amide bonds. The van der Waals surface area contributed by atoms with Gasteiger partial charge in [-0.05, 0) is 65.2 Å². The van der Waals surface area contributed by atoms with Gasteiger partial charge in [-0.25, -0.2) is 0 Å². The van der Waals surface area contributed by atoms with Crippen LogP contribution in [0.3, 0.4) is 0 Å². The molecule has 0 aliphatic carbocycles. The first-order chi connectivity index (χ1) is 9.22. The number of hydrogen-bond acceptors (Lipinski definition) is 1. The molecule has 0 aliphatic rings. The van der Waals surface area contributed by atoms with Crippen LogP contribution in [0.4, 0.5) is 0 Å². The summed E-state index contributed by atoms with van der Waals surface area (Å²) < 4.78 is 0. The van der Waals surface area contributed by atoms with Crippen molar-refractivity contribution in [2.24, 2.45) is 0 Å². The molecule has 0 unspecified atom stereocenters. The van der Waals surface area contributed by atoms with E-state index in [2.05, 4.69) is 61.6 Å². The summed E-state index contributed by atoms with van der Waals surface area (Å²) in [4.78, 5) is 0. The number of rotatable bonds is 2. The van der Waals surface area contributed by atoms with Crippen molar-refractivity contribution in [2.75, 3.05) is 7.05 Å². The summed E-state index contributed by atoms with van der Waals surface area (Å²) in [6.45, 7) is 5.37. The molecule has 0 fully saturated rings. The zero-order valence-electron chi connectivity index (χ0n) is 11.7. The SMILES string of the molecule is CNCc1ccc2c(C)c3ccccc3c(C)c2c1. The molecule has 0 aliphatic heterocycles. The number of benzene rings is 3. The summed E-state index contributed by atoms with van der Waals surface area (Å²) in [7, 11) is 1.99. The van der Waals surface area contributed by atoms with Crippen LogP contribution in [0, 0.1) is 13.8 Å². The molecule has 3 aromatic rings. The van der Waals surface area contributed by atoms with Crippen molar-refractivity contribution >= 4 is 21.5 Å². The Balaban J connectivity index is 2.42. The maximum absolute atomic E-state index is 3.22. The van der Waals surface area contributed by atoms with Gasteiger partial charge in [0.25, 0.3) is 0 Å². The van der Waals surface area contributed by atoms with Crippen LogP contribution in [0.25, 0.3) is 21.5 Å². The van der Waals surface area contributed by atoms with Gasteiger partial charge in [0.2, 0.25) is 0 Å². The Labute approximate surface area is 114 Å². The monoisotopic (exact) mass is 249 g/mol. The fraction of sp³-hybridized carbons (Fsp3) is 0.222. The fourth-order valence-corrected chi connectivity index (χ4v) is 2.97. The van der Waals surface area contributed by atoms with E-state index in [1.54, 1.807) is 0 Å². The Hall–Kier alpha value is -1.86. The summed E-state index contributed by atoms with van der Waals surface area (Å²) in [6, 6.07) is 15.5. The van der Waals surface area contributed by atoms with Crippen LogP contribution < -0.4 is 5.32 Å². The average molecular weight is 249 g/mol. The lowest BCUT2D eigenvalue weighted by Gasteiger charge is -2.13. The highest BCUT2D eigenvalue weighted by Crippen LogP contribution is 2.32. The van der Waals surface area contributed by atoms with Crippen LogP contribution in [-0.4, -0.2) is 7.05 Å². The highest BCUT2D eigenvalue weighted by atomic mass is 14.8. The molecule has 0 radical (unpaired) electrons. The molecule has 0 spiro atoms. The Bertz CT molecular complexity index is 756. The Morgan fingerprint density at radius 2 is 1.37 bits per heavy atom. The molecule has 3 aromatic carbocycles. The molecule has 3 rings (SSSR count). The Morgan fingerprint density at radius 1 is 0.789 bits per heavy atom. The zero-order valence-corrected chi connectivity index (χ0v) is 11.7. The van der Waals surface area contributed by atoms with Crippen LogP contribution in [0.2, 0.25) is 0 Å². The molecular formula is C18H19N. The highest BCUT2D eigenvalue weighted by molar-refractivity contribution is 6.05. The van der Waals surface area contributed by atoms with E-state index < -0.39 is 0 Å². The Kier molecular flexibility index (Phi) is 3.00. The first-order valence-corrected chi connectivity index (χ1v) is 6.77. The first kappa shape index (κ1) is 12.2. The van der Waals surface area contributed by atoms with Crippen molar-refractivity contribution in [3.63, 3.8) is 0 Å². The second-order valence-corrected chi connectivity index (χ2v) is 5.21. The predicted molar refractivity (Wildman–Crippen MR) is 83.7 cm³/mol. The van der Waals surface area contributed by atoms with Gasteiger partial charge in [0, 0.05) is 6.54 Å². The largest absolute Gasteiger partial charge is 0.316 e. The van der Waals surface area contributed by atoms with E-state index in [0.717, 1.165) is 6.54 Å². The maximum Gasteiger partial charge on any atom is 0.0202 e. The minimum Gasteiger partial charge on any atom is -0.316 e. The molecule has 0 aromatic heterocycles. The lowest BCUT2D eigenvalue weighted by molar-refractivity contribution is 0.819. The molecule has 0 atom stereocenters. The highest BCUT2D eigenvalue weighted by Gasteiger charge is 2.08.